The Labute approximate surface area is 130 Å². The highest BCUT2D eigenvalue weighted by atomic mass is 16.5. The largest absolute Gasteiger partial charge is 0.397 e. The zero-order valence-electron chi connectivity index (χ0n) is 13.2. The van der Waals surface area contributed by atoms with Crippen LogP contribution in [0.3, 0.4) is 0 Å². The van der Waals surface area contributed by atoms with Gasteiger partial charge >= 0.3 is 0 Å². The molecular formula is C16H24N4O2. The van der Waals surface area contributed by atoms with Gasteiger partial charge in [0.1, 0.15) is 0 Å². The summed E-state index contributed by atoms with van der Waals surface area (Å²) in [7, 11) is 0. The number of morpholine rings is 1. The van der Waals surface area contributed by atoms with Gasteiger partial charge in [-0.25, -0.2) is 0 Å². The second-order valence-electron chi connectivity index (χ2n) is 6.50. The standard InChI is InChI=1S/C16H24N4O2/c1-16(2,21)3-4-20-14-10-15(19-5-7-22-8-6-19)13(17)9-12(14)11-18-20/h9-11,21H,3-8,17H2,1-2H3. The zero-order chi connectivity index (χ0) is 15.7. The lowest BCUT2D eigenvalue weighted by Gasteiger charge is -2.30. The topological polar surface area (TPSA) is 76.5 Å². The molecule has 2 aromatic rings. The fraction of sp³-hybridized carbons (Fsp3) is 0.562. The van der Waals surface area contributed by atoms with Gasteiger partial charge in [0, 0.05) is 25.0 Å². The molecular weight excluding hydrogens is 280 g/mol. The van der Waals surface area contributed by atoms with Gasteiger partial charge in [-0.15, -0.1) is 0 Å². The number of fused-ring (bicyclic) bond motifs is 1. The monoisotopic (exact) mass is 304 g/mol. The molecule has 1 fully saturated rings. The molecule has 6 heteroatoms. The normalized spacial score (nSPS) is 16.4. The number of nitrogen functional groups attached to an aromatic ring is 1. The Hall–Kier alpha value is -1.79. The number of hydrogen-bond acceptors (Lipinski definition) is 5. The number of benzene rings is 1. The van der Waals surface area contributed by atoms with Crippen molar-refractivity contribution >= 4 is 22.3 Å². The summed E-state index contributed by atoms with van der Waals surface area (Å²) >= 11 is 0. The van der Waals surface area contributed by atoms with Crippen LogP contribution in [-0.4, -0.2) is 46.8 Å². The molecule has 0 atom stereocenters. The van der Waals surface area contributed by atoms with Gasteiger partial charge in [-0.1, -0.05) is 0 Å². The highest BCUT2D eigenvalue weighted by Crippen LogP contribution is 2.30. The SMILES string of the molecule is CC(C)(O)CCn1ncc2cc(N)c(N3CCOCC3)cc21. The van der Waals surface area contributed by atoms with E-state index in [1.165, 1.54) is 0 Å². The molecule has 0 aliphatic carbocycles. The molecule has 0 bridgehead atoms. The molecule has 1 aliphatic heterocycles. The van der Waals surface area contributed by atoms with E-state index < -0.39 is 5.60 Å². The molecule has 0 radical (unpaired) electrons. The van der Waals surface area contributed by atoms with Gasteiger partial charge in [0.15, 0.2) is 0 Å². The van der Waals surface area contributed by atoms with E-state index in [2.05, 4.69) is 16.1 Å². The Morgan fingerprint density at radius 3 is 2.73 bits per heavy atom. The Balaban J connectivity index is 1.92. The third-order valence-corrected chi connectivity index (χ3v) is 4.08. The summed E-state index contributed by atoms with van der Waals surface area (Å²) in [5.74, 6) is 0. The number of aryl methyl sites for hydroxylation is 1. The summed E-state index contributed by atoms with van der Waals surface area (Å²) < 4.78 is 7.35. The molecule has 1 aromatic carbocycles. The smallest absolute Gasteiger partial charge is 0.0704 e. The van der Waals surface area contributed by atoms with E-state index in [4.69, 9.17) is 10.5 Å². The number of aromatic nitrogens is 2. The summed E-state index contributed by atoms with van der Waals surface area (Å²) in [6.07, 6.45) is 2.49. The second kappa shape index (κ2) is 5.78. The van der Waals surface area contributed by atoms with Crippen molar-refractivity contribution in [1.29, 1.82) is 0 Å². The van der Waals surface area contributed by atoms with Gasteiger partial charge in [-0.3, -0.25) is 4.68 Å². The van der Waals surface area contributed by atoms with Gasteiger partial charge in [-0.05, 0) is 32.4 Å². The first kappa shape index (κ1) is 15.1. The van der Waals surface area contributed by atoms with Crippen molar-refractivity contribution < 1.29 is 9.84 Å². The minimum atomic E-state index is -0.695. The average molecular weight is 304 g/mol. The molecule has 0 amide bonds. The molecule has 0 spiro atoms. The van der Waals surface area contributed by atoms with E-state index in [1.807, 2.05) is 30.8 Å². The number of nitrogens with zero attached hydrogens (tertiary/aromatic N) is 3. The fourth-order valence-electron chi connectivity index (χ4n) is 2.77. The molecule has 120 valence electrons. The molecule has 6 nitrogen and oxygen atoms in total. The molecule has 1 aromatic heterocycles. The predicted octanol–water partition coefficient (Wildman–Crippen LogP) is 1.62. The number of rotatable bonds is 4. The predicted molar refractivity (Wildman–Crippen MR) is 88.1 cm³/mol. The van der Waals surface area contributed by atoms with Gasteiger partial charge in [0.2, 0.25) is 0 Å². The quantitative estimate of drug-likeness (QED) is 0.839. The summed E-state index contributed by atoms with van der Waals surface area (Å²) in [6.45, 7) is 7.48. The molecule has 3 rings (SSSR count). The van der Waals surface area contributed by atoms with E-state index in [9.17, 15) is 5.11 Å². The molecule has 1 saturated heterocycles. The summed E-state index contributed by atoms with van der Waals surface area (Å²) in [6, 6.07) is 4.08. The van der Waals surface area contributed by atoms with Crippen molar-refractivity contribution in [2.45, 2.75) is 32.4 Å². The average Bonchev–Trinajstić information content (AvgIpc) is 2.86. The van der Waals surface area contributed by atoms with E-state index in [-0.39, 0.29) is 0 Å². The third-order valence-electron chi connectivity index (χ3n) is 4.08. The Bertz CT molecular complexity index is 654. The maximum atomic E-state index is 9.91. The van der Waals surface area contributed by atoms with Gasteiger partial charge in [-0.2, -0.15) is 5.10 Å². The van der Waals surface area contributed by atoms with Crippen molar-refractivity contribution in [3.05, 3.63) is 18.3 Å². The van der Waals surface area contributed by atoms with Crippen LogP contribution in [0.5, 0.6) is 0 Å². The van der Waals surface area contributed by atoms with E-state index >= 15 is 0 Å². The van der Waals surface area contributed by atoms with Crippen molar-refractivity contribution in [3.63, 3.8) is 0 Å². The van der Waals surface area contributed by atoms with Crippen molar-refractivity contribution in [1.82, 2.24) is 9.78 Å². The number of aliphatic hydroxyl groups is 1. The number of hydrogen-bond donors (Lipinski definition) is 2. The number of ether oxygens (including phenoxy) is 1. The van der Waals surface area contributed by atoms with Crippen molar-refractivity contribution in [3.8, 4) is 0 Å². The van der Waals surface area contributed by atoms with Crippen LogP contribution < -0.4 is 10.6 Å². The molecule has 3 N–H and O–H groups in total. The second-order valence-corrected chi connectivity index (χ2v) is 6.50. The van der Waals surface area contributed by atoms with Crippen LogP contribution in [-0.2, 0) is 11.3 Å². The minimum absolute atomic E-state index is 0.654. The summed E-state index contributed by atoms with van der Waals surface area (Å²) in [5.41, 5.74) is 8.39. The van der Waals surface area contributed by atoms with Gasteiger partial charge in [0.05, 0.1) is 41.9 Å². The van der Waals surface area contributed by atoms with Crippen LogP contribution in [0.2, 0.25) is 0 Å². The molecule has 0 saturated carbocycles. The molecule has 22 heavy (non-hydrogen) atoms. The number of anilines is 2. The number of nitrogens with two attached hydrogens (primary N) is 1. The summed E-state index contributed by atoms with van der Waals surface area (Å²) in [4.78, 5) is 2.26. The summed E-state index contributed by atoms with van der Waals surface area (Å²) in [5, 5.41) is 15.4. The van der Waals surface area contributed by atoms with Crippen molar-refractivity contribution in [2.75, 3.05) is 36.9 Å². The van der Waals surface area contributed by atoms with Gasteiger partial charge in [0.25, 0.3) is 0 Å². The lowest BCUT2D eigenvalue weighted by atomic mass is 10.1. The highest BCUT2D eigenvalue weighted by Gasteiger charge is 2.17. The van der Waals surface area contributed by atoms with Crippen LogP contribution in [0.1, 0.15) is 20.3 Å². The van der Waals surface area contributed by atoms with Crippen LogP contribution >= 0.6 is 0 Å². The lowest BCUT2D eigenvalue weighted by Crippen LogP contribution is -2.36. The first-order valence-electron chi connectivity index (χ1n) is 7.74. The Kier molecular flexibility index (Phi) is 3.97. The van der Waals surface area contributed by atoms with Crippen molar-refractivity contribution in [2.24, 2.45) is 0 Å². The lowest BCUT2D eigenvalue weighted by molar-refractivity contribution is 0.0655. The highest BCUT2D eigenvalue weighted by molar-refractivity contribution is 5.89. The van der Waals surface area contributed by atoms with Crippen LogP contribution in [0.15, 0.2) is 18.3 Å². The minimum Gasteiger partial charge on any atom is -0.397 e. The Morgan fingerprint density at radius 2 is 2.05 bits per heavy atom. The van der Waals surface area contributed by atoms with Crippen LogP contribution in [0.4, 0.5) is 11.4 Å². The molecule has 1 aliphatic rings. The first-order chi connectivity index (χ1) is 10.4. The zero-order valence-corrected chi connectivity index (χ0v) is 13.2. The van der Waals surface area contributed by atoms with Crippen LogP contribution in [0.25, 0.3) is 10.9 Å². The van der Waals surface area contributed by atoms with E-state index in [1.54, 1.807) is 0 Å². The van der Waals surface area contributed by atoms with Gasteiger partial charge < -0.3 is 20.5 Å². The Morgan fingerprint density at radius 1 is 1.32 bits per heavy atom. The molecule has 0 unspecified atom stereocenters. The molecule has 2 heterocycles. The fourth-order valence-corrected chi connectivity index (χ4v) is 2.77. The maximum absolute atomic E-state index is 9.91. The van der Waals surface area contributed by atoms with Crippen LogP contribution in [0, 0.1) is 0 Å². The third kappa shape index (κ3) is 3.18. The van der Waals surface area contributed by atoms with E-state index in [0.717, 1.165) is 48.6 Å². The maximum Gasteiger partial charge on any atom is 0.0704 e. The van der Waals surface area contributed by atoms with E-state index in [0.29, 0.717) is 13.0 Å². The first-order valence-corrected chi connectivity index (χ1v) is 7.74.